The molecule has 0 radical (unpaired) electrons. The second kappa shape index (κ2) is 7.72. The zero-order valence-electron chi connectivity index (χ0n) is 13.7. The van der Waals surface area contributed by atoms with Gasteiger partial charge in [0.1, 0.15) is 5.69 Å². The van der Waals surface area contributed by atoms with E-state index in [-0.39, 0.29) is 23.2 Å². The summed E-state index contributed by atoms with van der Waals surface area (Å²) in [5.41, 5.74) is -0.0859. The topological polar surface area (TPSA) is 78.1 Å². The molecule has 2 aromatic rings. The number of hydrogen-bond acceptors (Lipinski definition) is 5. The molecule has 1 amide bonds. The Balaban J connectivity index is 1.67. The number of likely N-dealkylation sites (tertiary alicyclic amines) is 1. The van der Waals surface area contributed by atoms with E-state index in [1.54, 1.807) is 11.3 Å². The molecule has 3 heterocycles. The lowest BCUT2D eigenvalue weighted by Gasteiger charge is -2.36. The SMILES string of the molecule is CC1CCN([C@@H](CNC(=O)c2ccc(=O)[nH]n2)c2cccs2)CC1. The Bertz CT molecular complexity index is 700. The van der Waals surface area contributed by atoms with Crippen molar-refractivity contribution in [1.82, 2.24) is 20.4 Å². The van der Waals surface area contributed by atoms with Crippen molar-refractivity contribution in [3.8, 4) is 0 Å². The highest BCUT2D eigenvalue weighted by molar-refractivity contribution is 7.10. The van der Waals surface area contributed by atoms with Crippen LogP contribution in [0.5, 0.6) is 0 Å². The molecule has 0 saturated carbocycles. The number of aromatic nitrogens is 2. The maximum atomic E-state index is 12.3. The van der Waals surface area contributed by atoms with Crippen LogP contribution in [0.1, 0.15) is 41.2 Å². The van der Waals surface area contributed by atoms with Gasteiger partial charge in [-0.05, 0) is 49.4 Å². The number of H-pyrrole nitrogens is 1. The van der Waals surface area contributed by atoms with Crippen LogP contribution in [0.2, 0.25) is 0 Å². The summed E-state index contributed by atoms with van der Waals surface area (Å²) in [4.78, 5) is 27.0. The molecule has 24 heavy (non-hydrogen) atoms. The van der Waals surface area contributed by atoms with E-state index in [0.717, 1.165) is 19.0 Å². The number of rotatable bonds is 5. The van der Waals surface area contributed by atoms with E-state index < -0.39 is 0 Å². The van der Waals surface area contributed by atoms with Crippen molar-refractivity contribution in [3.05, 3.63) is 50.6 Å². The minimum absolute atomic E-state index is 0.184. The Labute approximate surface area is 144 Å². The molecule has 2 aromatic heterocycles. The summed E-state index contributed by atoms with van der Waals surface area (Å²) >= 11 is 1.72. The van der Waals surface area contributed by atoms with Gasteiger partial charge in [-0.15, -0.1) is 11.3 Å². The van der Waals surface area contributed by atoms with Crippen LogP contribution in [-0.2, 0) is 0 Å². The summed E-state index contributed by atoms with van der Waals surface area (Å²) in [6, 6.07) is 7.11. The van der Waals surface area contributed by atoms with Crippen LogP contribution in [0.25, 0.3) is 0 Å². The molecule has 7 heteroatoms. The average Bonchev–Trinajstić information content (AvgIpc) is 3.11. The van der Waals surface area contributed by atoms with Crippen LogP contribution in [0.3, 0.4) is 0 Å². The molecule has 2 N–H and O–H groups in total. The van der Waals surface area contributed by atoms with Crippen LogP contribution in [-0.4, -0.2) is 40.6 Å². The quantitative estimate of drug-likeness (QED) is 0.868. The van der Waals surface area contributed by atoms with Crippen molar-refractivity contribution in [3.63, 3.8) is 0 Å². The molecule has 1 atom stereocenters. The number of carbonyl (C=O) groups is 1. The maximum absolute atomic E-state index is 12.3. The third-order valence-corrected chi connectivity index (χ3v) is 5.47. The van der Waals surface area contributed by atoms with Gasteiger partial charge in [0.25, 0.3) is 11.5 Å². The van der Waals surface area contributed by atoms with Gasteiger partial charge in [-0.2, -0.15) is 5.10 Å². The fourth-order valence-corrected chi connectivity index (χ4v) is 3.84. The Morgan fingerprint density at radius 1 is 1.42 bits per heavy atom. The van der Waals surface area contributed by atoms with E-state index in [4.69, 9.17) is 0 Å². The van der Waals surface area contributed by atoms with E-state index >= 15 is 0 Å². The first-order valence-corrected chi connectivity index (χ1v) is 9.13. The van der Waals surface area contributed by atoms with E-state index in [9.17, 15) is 9.59 Å². The average molecular weight is 346 g/mol. The van der Waals surface area contributed by atoms with Gasteiger partial charge < -0.3 is 5.32 Å². The van der Waals surface area contributed by atoms with Crippen molar-refractivity contribution in [2.75, 3.05) is 19.6 Å². The van der Waals surface area contributed by atoms with Gasteiger partial charge in [0.05, 0.1) is 6.04 Å². The fourth-order valence-electron chi connectivity index (χ4n) is 2.98. The minimum atomic E-state index is -0.314. The van der Waals surface area contributed by atoms with E-state index in [0.29, 0.717) is 6.54 Å². The Morgan fingerprint density at radius 3 is 2.83 bits per heavy atom. The van der Waals surface area contributed by atoms with Crippen LogP contribution in [0.15, 0.2) is 34.4 Å². The highest BCUT2D eigenvalue weighted by Gasteiger charge is 2.26. The van der Waals surface area contributed by atoms with Gasteiger partial charge in [0.2, 0.25) is 0 Å². The van der Waals surface area contributed by atoms with Crippen LogP contribution in [0, 0.1) is 5.92 Å². The summed E-state index contributed by atoms with van der Waals surface area (Å²) in [5, 5.41) is 11.1. The van der Waals surface area contributed by atoms with Crippen LogP contribution >= 0.6 is 11.3 Å². The molecular formula is C17H22N4O2S. The van der Waals surface area contributed by atoms with E-state index in [1.165, 1.54) is 29.9 Å². The van der Waals surface area contributed by atoms with Gasteiger partial charge in [0.15, 0.2) is 0 Å². The highest BCUT2D eigenvalue weighted by Crippen LogP contribution is 2.29. The second-order valence-electron chi connectivity index (χ2n) is 6.27. The molecule has 1 aliphatic rings. The first kappa shape index (κ1) is 16.9. The van der Waals surface area contributed by atoms with E-state index in [2.05, 4.69) is 38.8 Å². The van der Waals surface area contributed by atoms with Crippen molar-refractivity contribution in [1.29, 1.82) is 0 Å². The Kier molecular flexibility index (Phi) is 5.42. The Morgan fingerprint density at radius 2 is 2.21 bits per heavy atom. The lowest BCUT2D eigenvalue weighted by atomic mass is 9.97. The van der Waals surface area contributed by atoms with Crippen LogP contribution < -0.4 is 10.9 Å². The zero-order valence-corrected chi connectivity index (χ0v) is 14.5. The summed E-state index contributed by atoms with van der Waals surface area (Å²) < 4.78 is 0. The van der Waals surface area contributed by atoms with Crippen LogP contribution in [0.4, 0.5) is 0 Å². The molecule has 0 bridgehead atoms. The third kappa shape index (κ3) is 4.10. The third-order valence-electron chi connectivity index (χ3n) is 4.50. The molecule has 0 spiro atoms. The summed E-state index contributed by atoms with van der Waals surface area (Å²) in [5.74, 6) is 0.503. The first-order valence-electron chi connectivity index (χ1n) is 8.25. The normalized spacial score (nSPS) is 17.5. The monoisotopic (exact) mass is 346 g/mol. The summed E-state index contributed by atoms with van der Waals surface area (Å²) in [6.45, 7) is 4.93. The van der Waals surface area contributed by atoms with Crippen molar-refractivity contribution in [2.45, 2.75) is 25.8 Å². The Hall–Kier alpha value is -1.99. The number of thiophene rings is 1. The molecule has 0 aromatic carbocycles. The van der Waals surface area contributed by atoms with E-state index in [1.807, 2.05) is 6.07 Å². The van der Waals surface area contributed by atoms with Gasteiger partial charge >= 0.3 is 0 Å². The first-order chi connectivity index (χ1) is 11.6. The number of nitrogens with one attached hydrogen (secondary N) is 2. The number of hydrogen-bond donors (Lipinski definition) is 2. The minimum Gasteiger partial charge on any atom is -0.349 e. The molecular weight excluding hydrogens is 324 g/mol. The molecule has 1 saturated heterocycles. The molecule has 1 aliphatic heterocycles. The summed E-state index contributed by atoms with van der Waals surface area (Å²) in [7, 11) is 0. The van der Waals surface area contributed by atoms with Gasteiger partial charge in [0, 0.05) is 17.5 Å². The van der Waals surface area contributed by atoms with Crippen molar-refractivity contribution < 1.29 is 4.79 Å². The number of nitrogens with zero attached hydrogens (tertiary/aromatic N) is 2. The molecule has 0 aliphatic carbocycles. The van der Waals surface area contributed by atoms with Gasteiger partial charge in [-0.25, -0.2) is 5.10 Å². The van der Waals surface area contributed by atoms with Gasteiger partial charge in [-0.3, -0.25) is 14.5 Å². The van der Waals surface area contributed by atoms with Gasteiger partial charge in [-0.1, -0.05) is 13.0 Å². The number of amides is 1. The fraction of sp³-hybridized carbons (Fsp3) is 0.471. The number of carbonyl (C=O) groups excluding carboxylic acids is 1. The predicted molar refractivity (Wildman–Crippen MR) is 94.2 cm³/mol. The molecule has 0 unspecified atom stereocenters. The highest BCUT2D eigenvalue weighted by atomic mass is 32.1. The zero-order chi connectivity index (χ0) is 16.9. The summed E-state index contributed by atoms with van der Waals surface area (Å²) in [6.07, 6.45) is 2.38. The molecule has 128 valence electrons. The smallest absolute Gasteiger partial charge is 0.271 e. The molecule has 3 rings (SSSR count). The second-order valence-corrected chi connectivity index (χ2v) is 7.25. The molecule has 6 nitrogen and oxygen atoms in total. The largest absolute Gasteiger partial charge is 0.349 e. The van der Waals surface area contributed by atoms with Crippen molar-refractivity contribution >= 4 is 17.2 Å². The predicted octanol–water partition coefficient (Wildman–Crippen LogP) is 2.03. The lowest BCUT2D eigenvalue weighted by Crippen LogP contribution is -2.41. The van der Waals surface area contributed by atoms with Crippen molar-refractivity contribution in [2.24, 2.45) is 5.92 Å². The lowest BCUT2D eigenvalue weighted by molar-refractivity contribution is 0.0909. The number of aromatic amines is 1. The number of piperidine rings is 1. The standard InChI is InChI=1S/C17H22N4O2S/c1-12-6-8-21(9-7-12)14(15-3-2-10-24-15)11-18-17(23)13-4-5-16(22)20-19-13/h2-5,10,12,14H,6-9,11H2,1H3,(H,18,23)(H,20,22)/t14-/m0/s1. The molecule has 1 fully saturated rings. The maximum Gasteiger partial charge on any atom is 0.271 e.